The third-order valence-electron chi connectivity index (χ3n) is 4.94. The van der Waals surface area contributed by atoms with E-state index in [1.165, 1.54) is 18.4 Å². The molecular formula is C18H25NO3. The van der Waals surface area contributed by atoms with Gasteiger partial charge in [-0.25, -0.2) is 0 Å². The van der Waals surface area contributed by atoms with Crippen LogP contribution in [0, 0.1) is 24.7 Å². The maximum Gasteiger partial charge on any atom is 0.161 e. The normalized spacial score (nSPS) is 30.9. The molecule has 2 aliphatic heterocycles. The number of nitrogens with one attached hydrogen (secondary N) is 1. The molecule has 22 heavy (non-hydrogen) atoms. The van der Waals surface area contributed by atoms with Gasteiger partial charge < -0.3 is 19.5 Å². The quantitative estimate of drug-likeness (QED) is 0.907. The summed E-state index contributed by atoms with van der Waals surface area (Å²) in [5.41, 5.74) is 1.21. The third-order valence-corrected chi connectivity index (χ3v) is 4.94. The van der Waals surface area contributed by atoms with Gasteiger partial charge in [0.25, 0.3) is 0 Å². The van der Waals surface area contributed by atoms with Gasteiger partial charge in [0.05, 0.1) is 19.8 Å². The van der Waals surface area contributed by atoms with Crippen molar-refractivity contribution in [3.05, 3.63) is 23.8 Å². The summed E-state index contributed by atoms with van der Waals surface area (Å²) in [6, 6.07) is 6.27. The second-order valence-corrected chi connectivity index (χ2v) is 7.00. The van der Waals surface area contributed by atoms with E-state index in [0.29, 0.717) is 11.8 Å². The van der Waals surface area contributed by atoms with Crippen molar-refractivity contribution in [1.29, 1.82) is 0 Å². The number of ether oxygens (including phenoxy) is 3. The van der Waals surface area contributed by atoms with Gasteiger partial charge in [-0.1, -0.05) is 6.07 Å². The molecule has 2 heterocycles. The summed E-state index contributed by atoms with van der Waals surface area (Å²) in [4.78, 5) is 0. The number of hydrogen-bond acceptors (Lipinski definition) is 4. The first-order chi connectivity index (χ1) is 10.8. The molecule has 1 saturated carbocycles. The standard InChI is InChI=1S/C18H25NO3/c1-12-2-5-16(17(6-12)21-9-13-3-4-13)22-18-14-7-19-8-15(18)11-20-10-14/h2,5-6,13-15,18-19H,3-4,7-11H2,1H3/t14-,15+,18?. The van der Waals surface area contributed by atoms with Gasteiger partial charge in [0, 0.05) is 24.9 Å². The van der Waals surface area contributed by atoms with E-state index in [0.717, 1.165) is 50.3 Å². The van der Waals surface area contributed by atoms with E-state index in [-0.39, 0.29) is 6.10 Å². The molecule has 0 radical (unpaired) electrons. The topological polar surface area (TPSA) is 39.7 Å². The number of piperidine rings is 1. The van der Waals surface area contributed by atoms with Crippen molar-refractivity contribution in [3.63, 3.8) is 0 Å². The van der Waals surface area contributed by atoms with E-state index in [1.54, 1.807) is 0 Å². The molecule has 1 N–H and O–H groups in total. The highest BCUT2D eigenvalue weighted by Gasteiger charge is 2.39. The number of fused-ring (bicyclic) bond motifs is 2. The van der Waals surface area contributed by atoms with Gasteiger partial charge in [-0.15, -0.1) is 0 Å². The first-order valence-electron chi connectivity index (χ1n) is 8.48. The summed E-state index contributed by atoms with van der Waals surface area (Å²) >= 11 is 0. The number of hydrogen-bond donors (Lipinski definition) is 1. The molecule has 1 aromatic carbocycles. The average Bonchev–Trinajstić information content (AvgIpc) is 3.31. The molecule has 3 fully saturated rings. The lowest BCUT2D eigenvalue weighted by Gasteiger charge is -2.42. The summed E-state index contributed by atoms with van der Waals surface area (Å²) in [6.45, 7) is 6.45. The smallest absolute Gasteiger partial charge is 0.161 e. The van der Waals surface area contributed by atoms with Crippen molar-refractivity contribution in [2.45, 2.75) is 25.9 Å². The van der Waals surface area contributed by atoms with Gasteiger partial charge in [0.1, 0.15) is 6.10 Å². The molecule has 1 aromatic rings. The highest BCUT2D eigenvalue weighted by Crippen LogP contribution is 2.36. The van der Waals surface area contributed by atoms with Crippen LogP contribution in [0.25, 0.3) is 0 Å². The Hall–Kier alpha value is -1.26. The molecule has 0 aromatic heterocycles. The maximum atomic E-state index is 6.42. The minimum absolute atomic E-state index is 0.237. The fourth-order valence-electron chi connectivity index (χ4n) is 3.41. The van der Waals surface area contributed by atoms with Crippen molar-refractivity contribution in [2.24, 2.45) is 17.8 Å². The first-order valence-corrected chi connectivity index (χ1v) is 8.48. The Morgan fingerprint density at radius 1 is 1.14 bits per heavy atom. The lowest BCUT2D eigenvalue weighted by atomic mass is 9.86. The lowest BCUT2D eigenvalue weighted by Crippen LogP contribution is -2.56. The summed E-state index contributed by atoms with van der Waals surface area (Å²) in [5.74, 6) is 3.43. The Morgan fingerprint density at radius 3 is 2.64 bits per heavy atom. The Balaban J connectivity index is 1.50. The van der Waals surface area contributed by atoms with E-state index in [9.17, 15) is 0 Å². The van der Waals surface area contributed by atoms with Crippen molar-refractivity contribution in [2.75, 3.05) is 32.9 Å². The minimum Gasteiger partial charge on any atom is -0.489 e. The molecule has 2 saturated heterocycles. The summed E-state index contributed by atoms with van der Waals surface area (Å²) < 4.78 is 18.1. The zero-order chi connectivity index (χ0) is 14.9. The molecule has 0 spiro atoms. The summed E-state index contributed by atoms with van der Waals surface area (Å²) in [7, 11) is 0. The molecule has 4 rings (SSSR count). The zero-order valence-corrected chi connectivity index (χ0v) is 13.2. The Morgan fingerprint density at radius 2 is 1.91 bits per heavy atom. The largest absolute Gasteiger partial charge is 0.489 e. The molecule has 4 nitrogen and oxygen atoms in total. The van der Waals surface area contributed by atoms with E-state index >= 15 is 0 Å². The molecule has 120 valence electrons. The first kappa shape index (κ1) is 14.3. The summed E-state index contributed by atoms with van der Waals surface area (Å²) in [5, 5.41) is 3.48. The third kappa shape index (κ3) is 3.08. The van der Waals surface area contributed by atoms with Crippen LogP contribution in [0.1, 0.15) is 18.4 Å². The molecule has 1 unspecified atom stereocenters. The second-order valence-electron chi connectivity index (χ2n) is 7.00. The van der Waals surface area contributed by atoms with E-state index < -0.39 is 0 Å². The number of benzene rings is 1. The van der Waals surface area contributed by atoms with Crippen LogP contribution in [0.15, 0.2) is 18.2 Å². The van der Waals surface area contributed by atoms with Crippen LogP contribution in [0.5, 0.6) is 11.5 Å². The lowest BCUT2D eigenvalue weighted by molar-refractivity contribution is -0.0827. The molecule has 4 heteroatoms. The molecule has 1 aliphatic carbocycles. The van der Waals surface area contributed by atoms with Crippen LogP contribution < -0.4 is 14.8 Å². The van der Waals surface area contributed by atoms with Crippen molar-refractivity contribution < 1.29 is 14.2 Å². The van der Waals surface area contributed by atoms with Gasteiger partial charge in [-0.2, -0.15) is 0 Å². The van der Waals surface area contributed by atoms with Crippen molar-refractivity contribution in [1.82, 2.24) is 5.32 Å². The maximum absolute atomic E-state index is 6.42. The fraction of sp³-hybridized carbons (Fsp3) is 0.667. The number of aryl methyl sites for hydroxylation is 1. The Labute approximate surface area is 132 Å². The van der Waals surface area contributed by atoms with E-state index in [1.807, 2.05) is 0 Å². The predicted molar refractivity (Wildman–Crippen MR) is 84.5 cm³/mol. The van der Waals surface area contributed by atoms with Crippen LogP contribution in [-0.4, -0.2) is 39.0 Å². The van der Waals surface area contributed by atoms with Gasteiger partial charge in [0.15, 0.2) is 11.5 Å². The molecule has 3 atom stereocenters. The van der Waals surface area contributed by atoms with E-state index in [4.69, 9.17) is 14.2 Å². The van der Waals surface area contributed by atoms with Crippen LogP contribution in [0.3, 0.4) is 0 Å². The van der Waals surface area contributed by atoms with E-state index in [2.05, 4.69) is 30.4 Å². The van der Waals surface area contributed by atoms with Gasteiger partial charge in [-0.3, -0.25) is 0 Å². The molecule has 2 bridgehead atoms. The Kier molecular flexibility index (Phi) is 3.97. The Bertz CT molecular complexity index is 507. The fourth-order valence-corrected chi connectivity index (χ4v) is 3.41. The molecule has 3 aliphatic rings. The van der Waals surface area contributed by atoms with Crippen LogP contribution in [-0.2, 0) is 4.74 Å². The summed E-state index contributed by atoms with van der Waals surface area (Å²) in [6.07, 6.45) is 2.84. The average molecular weight is 303 g/mol. The second kappa shape index (κ2) is 6.09. The highest BCUT2D eigenvalue weighted by atomic mass is 16.5. The van der Waals surface area contributed by atoms with Crippen LogP contribution >= 0.6 is 0 Å². The molecular weight excluding hydrogens is 278 g/mol. The van der Waals surface area contributed by atoms with Gasteiger partial charge in [-0.05, 0) is 43.4 Å². The minimum atomic E-state index is 0.237. The SMILES string of the molecule is Cc1ccc(OC2[C@@H]3CNC[C@H]2COC3)c(OCC2CC2)c1. The van der Waals surface area contributed by atoms with Crippen molar-refractivity contribution >= 4 is 0 Å². The highest BCUT2D eigenvalue weighted by molar-refractivity contribution is 5.43. The van der Waals surface area contributed by atoms with Crippen molar-refractivity contribution in [3.8, 4) is 11.5 Å². The van der Waals surface area contributed by atoms with Crippen LogP contribution in [0.4, 0.5) is 0 Å². The van der Waals surface area contributed by atoms with Gasteiger partial charge in [0.2, 0.25) is 0 Å². The number of rotatable bonds is 5. The monoisotopic (exact) mass is 303 g/mol. The predicted octanol–water partition coefficient (Wildman–Crippen LogP) is 2.40. The van der Waals surface area contributed by atoms with Crippen LogP contribution in [0.2, 0.25) is 0 Å². The zero-order valence-electron chi connectivity index (χ0n) is 13.2. The van der Waals surface area contributed by atoms with Gasteiger partial charge >= 0.3 is 0 Å². The molecule has 0 amide bonds.